The molecule has 0 atom stereocenters. The maximum Gasteiger partial charge on any atom is 0.338 e. The molecule has 0 saturated carbocycles. The molecule has 5 heteroatoms. The normalized spacial score (nSPS) is 11.1. The highest BCUT2D eigenvalue weighted by molar-refractivity contribution is 6.00. The van der Waals surface area contributed by atoms with E-state index in [2.05, 4.69) is 17.2 Å². The summed E-state index contributed by atoms with van der Waals surface area (Å²) >= 11 is 0. The summed E-state index contributed by atoms with van der Waals surface area (Å²) < 4.78 is 1.81. The second-order valence-electron chi connectivity index (χ2n) is 5.06. The van der Waals surface area contributed by atoms with Gasteiger partial charge >= 0.3 is 5.97 Å². The minimum Gasteiger partial charge on any atom is -0.478 e. The number of carbonyl (C=O) groups is 1. The zero-order chi connectivity index (χ0) is 14.4. The molecule has 0 aliphatic carbocycles. The number of nitrogens with zero attached hydrogens (tertiary/aromatic N) is 3. The Morgan fingerprint density at radius 2 is 1.95 bits per heavy atom. The topological polar surface area (TPSA) is 68.0 Å². The molecular formula is C15H21N3O2. The number of hydrogen-bond acceptors (Lipinski definition) is 3. The van der Waals surface area contributed by atoms with Gasteiger partial charge < -0.3 is 5.11 Å². The van der Waals surface area contributed by atoms with Gasteiger partial charge in [-0.05, 0) is 18.6 Å². The Hall–Kier alpha value is -1.91. The van der Waals surface area contributed by atoms with E-state index >= 15 is 0 Å². The first-order valence-corrected chi connectivity index (χ1v) is 7.29. The van der Waals surface area contributed by atoms with Crippen molar-refractivity contribution in [3.63, 3.8) is 0 Å². The predicted octanol–water partition coefficient (Wildman–Crippen LogP) is 3.49. The molecule has 0 amide bonds. The summed E-state index contributed by atoms with van der Waals surface area (Å²) in [5.74, 6) is -0.956. The summed E-state index contributed by atoms with van der Waals surface area (Å²) in [4.78, 5) is 11.1. The Balaban J connectivity index is 1.98. The average Bonchev–Trinajstić information content (AvgIpc) is 2.85. The molecule has 0 fully saturated rings. The number of carboxylic acid groups (broad SMARTS) is 1. The van der Waals surface area contributed by atoms with Crippen LogP contribution in [0, 0.1) is 0 Å². The zero-order valence-electron chi connectivity index (χ0n) is 11.9. The van der Waals surface area contributed by atoms with Crippen molar-refractivity contribution in [1.82, 2.24) is 15.0 Å². The lowest BCUT2D eigenvalue weighted by Crippen LogP contribution is -2.01. The number of aryl methyl sites for hydroxylation is 1. The fourth-order valence-corrected chi connectivity index (χ4v) is 2.37. The highest BCUT2D eigenvalue weighted by Crippen LogP contribution is 2.17. The van der Waals surface area contributed by atoms with Crippen LogP contribution < -0.4 is 0 Å². The Kier molecular flexibility index (Phi) is 5.09. The van der Waals surface area contributed by atoms with E-state index in [1.807, 2.05) is 10.7 Å². The van der Waals surface area contributed by atoms with Gasteiger partial charge in [0.15, 0.2) is 0 Å². The van der Waals surface area contributed by atoms with Crippen LogP contribution in [-0.2, 0) is 6.54 Å². The van der Waals surface area contributed by atoms with Gasteiger partial charge in [0.2, 0.25) is 0 Å². The Bertz CT molecular complexity index is 578. The maximum atomic E-state index is 11.1. The Morgan fingerprint density at radius 3 is 2.70 bits per heavy atom. The van der Waals surface area contributed by atoms with Crippen LogP contribution in [-0.4, -0.2) is 26.1 Å². The van der Waals surface area contributed by atoms with E-state index < -0.39 is 5.97 Å². The van der Waals surface area contributed by atoms with Gasteiger partial charge in [0.1, 0.15) is 5.52 Å². The van der Waals surface area contributed by atoms with Gasteiger partial charge in [-0.1, -0.05) is 50.3 Å². The van der Waals surface area contributed by atoms with Crippen LogP contribution in [0.3, 0.4) is 0 Å². The summed E-state index contributed by atoms with van der Waals surface area (Å²) in [5, 5.41) is 17.2. The summed E-state index contributed by atoms with van der Waals surface area (Å²) in [6.07, 6.45) is 7.33. The molecule has 0 saturated heterocycles. The number of aromatic nitrogens is 3. The first-order valence-electron chi connectivity index (χ1n) is 7.29. The lowest BCUT2D eigenvalue weighted by atomic mass is 10.1. The van der Waals surface area contributed by atoms with Gasteiger partial charge in [0.05, 0.1) is 11.1 Å². The molecule has 0 aliphatic heterocycles. The van der Waals surface area contributed by atoms with Crippen LogP contribution in [0.5, 0.6) is 0 Å². The fraction of sp³-hybridized carbons (Fsp3) is 0.533. The van der Waals surface area contributed by atoms with Crippen molar-refractivity contribution in [1.29, 1.82) is 0 Å². The van der Waals surface area contributed by atoms with Crippen molar-refractivity contribution in [2.24, 2.45) is 0 Å². The molecule has 2 aromatic rings. The summed E-state index contributed by atoms with van der Waals surface area (Å²) in [6.45, 7) is 3.01. The summed E-state index contributed by atoms with van der Waals surface area (Å²) in [7, 11) is 0. The number of hydrogen-bond donors (Lipinski definition) is 1. The fourth-order valence-electron chi connectivity index (χ4n) is 2.37. The highest BCUT2D eigenvalue weighted by Gasteiger charge is 2.13. The van der Waals surface area contributed by atoms with Gasteiger partial charge in [-0.25, -0.2) is 9.48 Å². The monoisotopic (exact) mass is 275 g/mol. The van der Waals surface area contributed by atoms with Gasteiger partial charge in [-0.3, -0.25) is 0 Å². The molecule has 20 heavy (non-hydrogen) atoms. The Morgan fingerprint density at radius 1 is 1.20 bits per heavy atom. The van der Waals surface area contributed by atoms with E-state index in [4.69, 9.17) is 5.11 Å². The van der Waals surface area contributed by atoms with Crippen molar-refractivity contribution < 1.29 is 9.90 Å². The van der Waals surface area contributed by atoms with Crippen LogP contribution in [0.1, 0.15) is 55.8 Å². The second kappa shape index (κ2) is 7.03. The van der Waals surface area contributed by atoms with Gasteiger partial charge in [-0.15, -0.1) is 5.10 Å². The third-order valence-corrected chi connectivity index (χ3v) is 3.50. The van der Waals surface area contributed by atoms with Crippen molar-refractivity contribution in [2.75, 3.05) is 0 Å². The van der Waals surface area contributed by atoms with Crippen LogP contribution in [0.4, 0.5) is 0 Å². The van der Waals surface area contributed by atoms with Crippen LogP contribution in [0.2, 0.25) is 0 Å². The van der Waals surface area contributed by atoms with Crippen molar-refractivity contribution >= 4 is 17.0 Å². The average molecular weight is 275 g/mol. The van der Waals surface area contributed by atoms with Crippen LogP contribution in [0.25, 0.3) is 11.0 Å². The van der Waals surface area contributed by atoms with Gasteiger partial charge in [0.25, 0.3) is 0 Å². The van der Waals surface area contributed by atoms with E-state index in [1.165, 1.54) is 32.1 Å². The van der Waals surface area contributed by atoms with E-state index in [0.29, 0.717) is 5.52 Å². The van der Waals surface area contributed by atoms with Crippen molar-refractivity contribution in [2.45, 2.75) is 52.0 Å². The first-order chi connectivity index (χ1) is 9.74. The maximum absolute atomic E-state index is 11.1. The second-order valence-corrected chi connectivity index (χ2v) is 5.06. The number of aromatic carboxylic acids is 1. The molecule has 1 heterocycles. The number of unbranched alkanes of at least 4 members (excludes halogenated alkanes) is 5. The quantitative estimate of drug-likeness (QED) is 0.749. The molecule has 1 N–H and O–H groups in total. The van der Waals surface area contributed by atoms with E-state index in [1.54, 1.807) is 12.1 Å². The third-order valence-electron chi connectivity index (χ3n) is 3.50. The van der Waals surface area contributed by atoms with E-state index in [0.717, 1.165) is 18.5 Å². The largest absolute Gasteiger partial charge is 0.478 e. The molecule has 0 spiro atoms. The number of fused-ring (bicyclic) bond motifs is 1. The summed E-state index contributed by atoms with van der Waals surface area (Å²) in [6, 6.07) is 5.18. The number of benzene rings is 1. The molecule has 1 aromatic carbocycles. The van der Waals surface area contributed by atoms with Crippen LogP contribution in [0.15, 0.2) is 18.2 Å². The lowest BCUT2D eigenvalue weighted by molar-refractivity contribution is 0.0699. The van der Waals surface area contributed by atoms with Gasteiger partial charge in [0, 0.05) is 6.54 Å². The van der Waals surface area contributed by atoms with Gasteiger partial charge in [-0.2, -0.15) is 0 Å². The standard InChI is InChI=1S/C15H21N3O2/c1-2-3-4-5-6-7-11-18-13-10-8-9-12(15(19)20)14(13)16-17-18/h8-10H,2-7,11H2,1H3,(H,19,20). The number of carboxylic acids is 1. The van der Waals surface area contributed by atoms with E-state index in [-0.39, 0.29) is 5.56 Å². The lowest BCUT2D eigenvalue weighted by Gasteiger charge is -2.03. The van der Waals surface area contributed by atoms with Crippen LogP contribution >= 0.6 is 0 Å². The molecule has 108 valence electrons. The smallest absolute Gasteiger partial charge is 0.338 e. The predicted molar refractivity (Wildman–Crippen MR) is 77.9 cm³/mol. The first kappa shape index (κ1) is 14.5. The van der Waals surface area contributed by atoms with Crippen molar-refractivity contribution in [3.8, 4) is 0 Å². The highest BCUT2D eigenvalue weighted by atomic mass is 16.4. The molecule has 0 aliphatic rings. The van der Waals surface area contributed by atoms with Crippen molar-refractivity contribution in [3.05, 3.63) is 23.8 Å². The molecule has 0 bridgehead atoms. The summed E-state index contributed by atoms with van der Waals surface area (Å²) in [5.41, 5.74) is 1.50. The third kappa shape index (κ3) is 3.35. The SMILES string of the molecule is CCCCCCCCn1nnc2c(C(=O)O)cccc21. The Labute approximate surface area is 118 Å². The molecule has 0 unspecified atom stereocenters. The zero-order valence-corrected chi connectivity index (χ0v) is 11.9. The molecule has 5 nitrogen and oxygen atoms in total. The molecule has 2 rings (SSSR count). The molecule has 1 aromatic heterocycles. The molecule has 0 radical (unpaired) electrons. The minimum atomic E-state index is -0.956. The molecular weight excluding hydrogens is 254 g/mol. The number of rotatable bonds is 8. The minimum absolute atomic E-state index is 0.219. The van der Waals surface area contributed by atoms with E-state index in [9.17, 15) is 4.79 Å².